The number of benzene rings is 2. The average molecular weight is 501 g/mol. The van der Waals surface area contributed by atoms with Crippen molar-refractivity contribution < 1.29 is 14.0 Å². The molecule has 1 aromatic heterocycles. The van der Waals surface area contributed by atoms with Gasteiger partial charge in [0.15, 0.2) is 0 Å². The highest BCUT2D eigenvalue weighted by molar-refractivity contribution is 9.10. The van der Waals surface area contributed by atoms with Crippen LogP contribution in [-0.4, -0.2) is 34.7 Å². The Morgan fingerprint density at radius 3 is 2.45 bits per heavy atom. The first-order valence-electron chi connectivity index (χ1n) is 9.66. The van der Waals surface area contributed by atoms with E-state index in [1.807, 2.05) is 23.6 Å². The van der Waals surface area contributed by atoms with Gasteiger partial charge in [0.25, 0.3) is 5.91 Å². The van der Waals surface area contributed by atoms with E-state index in [1.54, 1.807) is 52.6 Å². The van der Waals surface area contributed by atoms with E-state index in [0.717, 1.165) is 14.9 Å². The molecule has 0 aliphatic rings. The molecule has 0 aliphatic heterocycles. The molecule has 3 rings (SSSR count). The van der Waals surface area contributed by atoms with Crippen molar-refractivity contribution in [1.82, 2.24) is 9.80 Å². The highest BCUT2D eigenvalue weighted by Crippen LogP contribution is 2.17. The van der Waals surface area contributed by atoms with Crippen LogP contribution in [0.3, 0.4) is 0 Å². The van der Waals surface area contributed by atoms with Crippen LogP contribution in [-0.2, 0) is 17.9 Å². The van der Waals surface area contributed by atoms with Gasteiger partial charge >= 0.3 is 0 Å². The van der Waals surface area contributed by atoms with E-state index in [0.29, 0.717) is 18.7 Å². The van der Waals surface area contributed by atoms with E-state index < -0.39 is 0 Å². The molecule has 0 spiro atoms. The van der Waals surface area contributed by atoms with Crippen LogP contribution in [0.15, 0.2) is 83.2 Å². The van der Waals surface area contributed by atoms with E-state index in [4.69, 9.17) is 0 Å². The summed E-state index contributed by atoms with van der Waals surface area (Å²) < 4.78 is 14.1. The van der Waals surface area contributed by atoms with Gasteiger partial charge in [-0.25, -0.2) is 4.39 Å². The number of hydrogen-bond acceptors (Lipinski definition) is 3. The number of carbonyl (C=O) groups excluding carboxylic acids is 2. The van der Waals surface area contributed by atoms with Gasteiger partial charge in [0.2, 0.25) is 5.91 Å². The molecule has 0 fully saturated rings. The van der Waals surface area contributed by atoms with E-state index in [1.165, 1.54) is 17.0 Å². The smallest absolute Gasteiger partial charge is 0.254 e. The standard InChI is InChI=1S/C24H22BrFN2O2S/c1-2-12-27(24(30)19-5-3-6-20(25)14-19)17-23(29)28(16-22-7-4-13-31-22)15-18-8-10-21(26)11-9-18/h2-11,13-14H,1,12,15-17H2. The molecule has 0 radical (unpaired) electrons. The molecular weight excluding hydrogens is 479 g/mol. The minimum atomic E-state index is -0.323. The summed E-state index contributed by atoms with van der Waals surface area (Å²) in [5, 5.41) is 1.96. The largest absolute Gasteiger partial charge is 0.332 e. The molecule has 0 saturated heterocycles. The van der Waals surface area contributed by atoms with E-state index >= 15 is 0 Å². The van der Waals surface area contributed by atoms with Crippen LogP contribution < -0.4 is 0 Å². The van der Waals surface area contributed by atoms with Crippen molar-refractivity contribution in [3.63, 3.8) is 0 Å². The molecule has 0 N–H and O–H groups in total. The predicted molar refractivity (Wildman–Crippen MR) is 125 cm³/mol. The molecule has 31 heavy (non-hydrogen) atoms. The fraction of sp³-hybridized carbons (Fsp3) is 0.167. The summed E-state index contributed by atoms with van der Waals surface area (Å²) >= 11 is 4.94. The SMILES string of the molecule is C=CCN(CC(=O)N(Cc1ccc(F)cc1)Cc1cccs1)C(=O)c1cccc(Br)c1. The fourth-order valence-corrected chi connectivity index (χ4v) is 4.19. The van der Waals surface area contributed by atoms with Crippen LogP contribution >= 0.6 is 27.3 Å². The molecule has 7 heteroatoms. The lowest BCUT2D eigenvalue weighted by Crippen LogP contribution is -2.42. The van der Waals surface area contributed by atoms with Crippen molar-refractivity contribution in [3.8, 4) is 0 Å². The third-order valence-corrected chi connectivity index (χ3v) is 5.95. The van der Waals surface area contributed by atoms with Crippen LogP contribution in [0.25, 0.3) is 0 Å². The molecule has 0 unspecified atom stereocenters. The number of hydrogen-bond donors (Lipinski definition) is 0. The molecule has 4 nitrogen and oxygen atoms in total. The van der Waals surface area contributed by atoms with Crippen molar-refractivity contribution in [1.29, 1.82) is 0 Å². The maximum Gasteiger partial charge on any atom is 0.254 e. The second-order valence-corrected chi connectivity index (χ2v) is 8.89. The van der Waals surface area contributed by atoms with Gasteiger partial charge in [0.1, 0.15) is 12.4 Å². The number of nitrogens with zero attached hydrogens (tertiary/aromatic N) is 2. The summed E-state index contributed by atoms with van der Waals surface area (Å²) in [6, 6.07) is 17.0. The average Bonchev–Trinajstić information content (AvgIpc) is 3.27. The fourth-order valence-electron chi connectivity index (χ4n) is 3.08. The molecule has 2 amide bonds. The Kier molecular flexibility index (Phi) is 8.14. The zero-order chi connectivity index (χ0) is 22.2. The second-order valence-electron chi connectivity index (χ2n) is 6.94. The minimum Gasteiger partial charge on any atom is -0.332 e. The van der Waals surface area contributed by atoms with Gasteiger partial charge in [-0.3, -0.25) is 9.59 Å². The molecule has 1 heterocycles. The van der Waals surface area contributed by atoms with E-state index in [9.17, 15) is 14.0 Å². The number of rotatable bonds is 9. The zero-order valence-electron chi connectivity index (χ0n) is 16.8. The van der Waals surface area contributed by atoms with Crippen molar-refractivity contribution in [2.75, 3.05) is 13.1 Å². The summed E-state index contributed by atoms with van der Waals surface area (Å²) in [7, 11) is 0. The quantitative estimate of drug-likeness (QED) is 0.363. The van der Waals surface area contributed by atoms with Gasteiger partial charge in [-0.05, 0) is 47.3 Å². The first-order chi connectivity index (χ1) is 15.0. The third-order valence-electron chi connectivity index (χ3n) is 4.60. The Bertz CT molecular complexity index is 1040. The van der Waals surface area contributed by atoms with Gasteiger partial charge in [-0.1, -0.05) is 46.3 Å². The van der Waals surface area contributed by atoms with Gasteiger partial charge < -0.3 is 9.80 Å². The summed E-state index contributed by atoms with van der Waals surface area (Å²) in [4.78, 5) is 30.4. The van der Waals surface area contributed by atoms with Crippen molar-refractivity contribution in [2.24, 2.45) is 0 Å². The minimum absolute atomic E-state index is 0.0794. The number of thiophene rings is 1. The lowest BCUT2D eigenvalue weighted by atomic mass is 10.2. The Hall–Kier alpha value is -2.77. The third kappa shape index (κ3) is 6.60. The van der Waals surface area contributed by atoms with Crippen LogP contribution in [0.1, 0.15) is 20.8 Å². The summed E-state index contributed by atoms with van der Waals surface area (Å²) in [5.41, 5.74) is 1.31. The maximum absolute atomic E-state index is 13.3. The second kappa shape index (κ2) is 11.0. The molecular formula is C24H22BrFN2O2S. The van der Waals surface area contributed by atoms with Gasteiger partial charge in [0.05, 0.1) is 6.54 Å². The van der Waals surface area contributed by atoms with Crippen LogP contribution in [0.2, 0.25) is 0 Å². The molecule has 0 saturated carbocycles. The van der Waals surface area contributed by atoms with Crippen molar-refractivity contribution in [3.05, 3.63) is 105 Å². The van der Waals surface area contributed by atoms with Gasteiger partial charge in [0, 0.05) is 28.0 Å². The lowest BCUT2D eigenvalue weighted by molar-refractivity contribution is -0.133. The Labute approximate surface area is 193 Å². The van der Waals surface area contributed by atoms with Crippen molar-refractivity contribution >= 4 is 39.1 Å². The van der Waals surface area contributed by atoms with Gasteiger partial charge in [-0.2, -0.15) is 0 Å². The molecule has 0 bridgehead atoms. The molecule has 160 valence electrons. The number of halogens is 2. The van der Waals surface area contributed by atoms with E-state index in [2.05, 4.69) is 22.5 Å². The summed E-state index contributed by atoms with van der Waals surface area (Å²) in [6.45, 7) is 4.63. The Balaban J connectivity index is 1.79. The highest BCUT2D eigenvalue weighted by atomic mass is 79.9. The first-order valence-corrected chi connectivity index (χ1v) is 11.3. The highest BCUT2D eigenvalue weighted by Gasteiger charge is 2.22. The first kappa shape index (κ1) is 22.9. The van der Waals surface area contributed by atoms with Crippen LogP contribution in [0, 0.1) is 5.82 Å². The predicted octanol–water partition coefficient (Wildman–Crippen LogP) is 5.51. The topological polar surface area (TPSA) is 40.6 Å². The Morgan fingerprint density at radius 2 is 1.81 bits per heavy atom. The Morgan fingerprint density at radius 1 is 1.03 bits per heavy atom. The molecule has 3 aromatic rings. The van der Waals surface area contributed by atoms with Crippen LogP contribution in [0.5, 0.6) is 0 Å². The summed E-state index contributed by atoms with van der Waals surface area (Å²) in [6.07, 6.45) is 1.60. The number of carbonyl (C=O) groups is 2. The van der Waals surface area contributed by atoms with Crippen LogP contribution in [0.4, 0.5) is 4.39 Å². The lowest BCUT2D eigenvalue weighted by Gasteiger charge is -2.27. The zero-order valence-corrected chi connectivity index (χ0v) is 19.2. The molecule has 0 atom stereocenters. The molecule has 2 aromatic carbocycles. The number of amides is 2. The van der Waals surface area contributed by atoms with Gasteiger partial charge in [-0.15, -0.1) is 17.9 Å². The van der Waals surface area contributed by atoms with E-state index in [-0.39, 0.29) is 30.7 Å². The maximum atomic E-state index is 13.3. The summed E-state index contributed by atoms with van der Waals surface area (Å²) in [5.74, 6) is -0.757. The van der Waals surface area contributed by atoms with Crippen molar-refractivity contribution in [2.45, 2.75) is 13.1 Å². The molecule has 0 aliphatic carbocycles. The monoisotopic (exact) mass is 500 g/mol. The normalized spacial score (nSPS) is 10.5.